The first-order valence-electron chi connectivity index (χ1n) is 4.19. The molecule has 0 rings (SSSR count). The predicted octanol–water partition coefficient (Wildman–Crippen LogP) is 2.45. The fraction of sp³-hybridized carbons (Fsp3) is 1.00. The standard InChI is InChI=1S/C8H17BrFN/c1-2-6-11(8-4-9)7-3-5-10/h2-8H2,1H3. The van der Waals surface area contributed by atoms with Crippen molar-refractivity contribution < 1.29 is 4.39 Å². The van der Waals surface area contributed by atoms with Gasteiger partial charge in [0.05, 0.1) is 6.67 Å². The normalized spacial score (nSPS) is 10.9. The van der Waals surface area contributed by atoms with Gasteiger partial charge in [0, 0.05) is 18.4 Å². The summed E-state index contributed by atoms with van der Waals surface area (Å²) in [6, 6.07) is 0. The second-order valence-corrected chi connectivity index (χ2v) is 3.37. The fourth-order valence-electron chi connectivity index (χ4n) is 1.05. The van der Waals surface area contributed by atoms with Gasteiger partial charge >= 0.3 is 0 Å². The molecule has 0 fully saturated rings. The Hall–Kier alpha value is 0.370. The highest BCUT2D eigenvalue weighted by Crippen LogP contribution is 1.96. The number of rotatable bonds is 7. The predicted molar refractivity (Wildman–Crippen MR) is 51.1 cm³/mol. The summed E-state index contributed by atoms with van der Waals surface area (Å²) < 4.78 is 11.8. The Morgan fingerprint density at radius 3 is 2.45 bits per heavy atom. The number of halogens is 2. The van der Waals surface area contributed by atoms with Crippen LogP contribution < -0.4 is 0 Å². The van der Waals surface area contributed by atoms with E-state index in [1.165, 1.54) is 0 Å². The topological polar surface area (TPSA) is 3.24 Å². The lowest BCUT2D eigenvalue weighted by molar-refractivity contribution is 0.274. The minimum absolute atomic E-state index is 0.192. The fourth-order valence-corrected chi connectivity index (χ4v) is 1.56. The molecule has 0 aliphatic heterocycles. The Bertz CT molecular complexity index is 74.5. The van der Waals surface area contributed by atoms with Crippen molar-refractivity contribution in [2.24, 2.45) is 0 Å². The minimum atomic E-state index is -0.192. The molecule has 0 bridgehead atoms. The van der Waals surface area contributed by atoms with E-state index in [4.69, 9.17) is 0 Å². The maximum Gasteiger partial charge on any atom is 0.0906 e. The first kappa shape index (κ1) is 11.4. The van der Waals surface area contributed by atoms with E-state index in [9.17, 15) is 4.39 Å². The summed E-state index contributed by atoms with van der Waals surface area (Å²) in [5.41, 5.74) is 0. The summed E-state index contributed by atoms with van der Waals surface area (Å²) in [5.74, 6) is 0. The van der Waals surface area contributed by atoms with Crippen LogP contribution in [0.15, 0.2) is 0 Å². The number of alkyl halides is 2. The van der Waals surface area contributed by atoms with Crippen LogP contribution in [0.3, 0.4) is 0 Å². The molecule has 0 unspecified atom stereocenters. The van der Waals surface area contributed by atoms with Gasteiger partial charge in [0.25, 0.3) is 0 Å². The van der Waals surface area contributed by atoms with Crippen molar-refractivity contribution in [3.8, 4) is 0 Å². The van der Waals surface area contributed by atoms with Crippen LogP contribution >= 0.6 is 15.9 Å². The average molecular weight is 226 g/mol. The second-order valence-electron chi connectivity index (χ2n) is 2.57. The molecule has 0 saturated carbocycles. The molecule has 0 aliphatic rings. The highest BCUT2D eigenvalue weighted by Gasteiger charge is 2.00. The average Bonchev–Trinajstić information content (AvgIpc) is 2.01. The molecule has 0 atom stereocenters. The lowest BCUT2D eigenvalue weighted by Gasteiger charge is -2.19. The molecular formula is C8H17BrFN. The van der Waals surface area contributed by atoms with Crippen molar-refractivity contribution in [1.82, 2.24) is 4.90 Å². The zero-order chi connectivity index (χ0) is 8.53. The van der Waals surface area contributed by atoms with Crippen molar-refractivity contribution in [3.63, 3.8) is 0 Å². The molecule has 11 heavy (non-hydrogen) atoms. The summed E-state index contributed by atoms with van der Waals surface area (Å²) in [5, 5.41) is 0.985. The van der Waals surface area contributed by atoms with Gasteiger partial charge in [-0.05, 0) is 19.4 Å². The van der Waals surface area contributed by atoms with E-state index in [0.29, 0.717) is 6.42 Å². The highest BCUT2D eigenvalue weighted by molar-refractivity contribution is 9.09. The zero-order valence-electron chi connectivity index (χ0n) is 7.15. The molecule has 0 heterocycles. The van der Waals surface area contributed by atoms with Gasteiger partial charge in [-0.3, -0.25) is 4.39 Å². The molecule has 68 valence electrons. The Morgan fingerprint density at radius 2 is 2.00 bits per heavy atom. The Balaban J connectivity index is 3.34. The molecule has 0 aliphatic carbocycles. The van der Waals surface area contributed by atoms with Crippen LogP contribution in [-0.2, 0) is 0 Å². The Labute approximate surface area is 77.1 Å². The summed E-state index contributed by atoms with van der Waals surface area (Å²) in [7, 11) is 0. The van der Waals surface area contributed by atoms with Crippen LogP contribution in [0.2, 0.25) is 0 Å². The highest BCUT2D eigenvalue weighted by atomic mass is 79.9. The monoisotopic (exact) mass is 225 g/mol. The van der Waals surface area contributed by atoms with E-state index in [1.807, 2.05) is 0 Å². The van der Waals surface area contributed by atoms with Gasteiger partial charge in [-0.15, -0.1) is 0 Å². The van der Waals surface area contributed by atoms with Crippen LogP contribution in [0.5, 0.6) is 0 Å². The van der Waals surface area contributed by atoms with Crippen LogP contribution in [0, 0.1) is 0 Å². The van der Waals surface area contributed by atoms with Crippen molar-refractivity contribution in [3.05, 3.63) is 0 Å². The third kappa shape index (κ3) is 6.76. The third-order valence-electron chi connectivity index (χ3n) is 1.55. The van der Waals surface area contributed by atoms with Crippen molar-refractivity contribution in [2.75, 3.05) is 31.6 Å². The number of hydrogen-bond acceptors (Lipinski definition) is 1. The van der Waals surface area contributed by atoms with Gasteiger partial charge in [-0.1, -0.05) is 22.9 Å². The summed E-state index contributed by atoms with van der Waals surface area (Å²) in [6.07, 6.45) is 1.83. The van der Waals surface area contributed by atoms with Crippen LogP contribution in [0.25, 0.3) is 0 Å². The molecule has 3 heteroatoms. The molecule has 0 spiro atoms. The maximum absolute atomic E-state index is 11.8. The smallest absolute Gasteiger partial charge is 0.0906 e. The molecule has 0 aromatic carbocycles. The van der Waals surface area contributed by atoms with Gasteiger partial charge in [-0.2, -0.15) is 0 Å². The van der Waals surface area contributed by atoms with Crippen molar-refractivity contribution >= 4 is 15.9 Å². The lowest BCUT2D eigenvalue weighted by atomic mass is 10.3. The van der Waals surface area contributed by atoms with Crippen molar-refractivity contribution in [2.45, 2.75) is 19.8 Å². The molecule has 0 aromatic rings. The largest absolute Gasteiger partial charge is 0.302 e. The van der Waals surface area contributed by atoms with Crippen LogP contribution in [0.4, 0.5) is 4.39 Å². The van der Waals surface area contributed by atoms with E-state index in [0.717, 1.165) is 31.4 Å². The molecular weight excluding hydrogens is 209 g/mol. The van der Waals surface area contributed by atoms with Gasteiger partial charge in [0.15, 0.2) is 0 Å². The summed E-state index contributed by atoms with van der Waals surface area (Å²) in [6.45, 7) is 4.98. The summed E-state index contributed by atoms with van der Waals surface area (Å²) >= 11 is 3.38. The van der Waals surface area contributed by atoms with Gasteiger partial charge in [0.1, 0.15) is 0 Å². The summed E-state index contributed by atoms with van der Waals surface area (Å²) in [4.78, 5) is 2.29. The quantitative estimate of drug-likeness (QED) is 0.602. The lowest BCUT2D eigenvalue weighted by Crippen LogP contribution is -2.27. The maximum atomic E-state index is 11.8. The zero-order valence-corrected chi connectivity index (χ0v) is 8.74. The molecule has 0 radical (unpaired) electrons. The van der Waals surface area contributed by atoms with Crippen molar-refractivity contribution in [1.29, 1.82) is 0 Å². The number of hydrogen-bond donors (Lipinski definition) is 0. The SMILES string of the molecule is CCCN(CCBr)CCCF. The Kier molecular flexibility index (Phi) is 8.75. The molecule has 0 aromatic heterocycles. The third-order valence-corrected chi connectivity index (χ3v) is 1.90. The van der Waals surface area contributed by atoms with Gasteiger partial charge in [0.2, 0.25) is 0 Å². The first-order chi connectivity index (χ1) is 5.35. The van der Waals surface area contributed by atoms with E-state index < -0.39 is 0 Å². The second kappa shape index (κ2) is 8.47. The van der Waals surface area contributed by atoms with E-state index in [-0.39, 0.29) is 6.67 Å². The van der Waals surface area contributed by atoms with Crippen LogP contribution in [0.1, 0.15) is 19.8 Å². The van der Waals surface area contributed by atoms with E-state index in [2.05, 4.69) is 27.8 Å². The van der Waals surface area contributed by atoms with Crippen LogP contribution in [-0.4, -0.2) is 36.5 Å². The van der Waals surface area contributed by atoms with E-state index >= 15 is 0 Å². The van der Waals surface area contributed by atoms with Gasteiger partial charge in [-0.25, -0.2) is 0 Å². The van der Waals surface area contributed by atoms with Gasteiger partial charge < -0.3 is 4.90 Å². The van der Waals surface area contributed by atoms with E-state index in [1.54, 1.807) is 0 Å². The first-order valence-corrected chi connectivity index (χ1v) is 5.31. The minimum Gasteiger partial charge on any atom is -0.302 e. The molecule has 1 nitrogen and oxygen atoms in total. The molecule has 0 N–H and O–H groups in total. The Morgan fingerprint density at radius 1 is 1.27 bits per heavy atom. The number of nitrogens with zero attached hydrogens (tertiary/aromatic N) is 1. The molecule has 0 saturated heterocycles. The molecule has 0 amide bonds.